The minimum atomic E-state index is -0.178. The average Bonchev–Trinajstić information content (AvgIpc) is 3.11. The number of nitrogens with zero attached hydrogens (tertiary/aromatic N) is 2. The summed E-state index contributed by atoms with van der Waals surface area (Å²) in [6.45, 7) is 3.25. The van der Waals surface area contributed by atoms with Gasteiger partial charge in [0.05, 0.1) is 28.4 Å². The lowest BCUT2D eigenvalue weighted by Crippen LogP contribution is -2.34. The number of methoxy groups -OCH3 is 4. The first-order valence-corrected chi connectivity index (χ1v) is 17.0. The molecule has 0 saturated carbocycles. The normalized spacial score (nSPS) is 18.5. The van der Waals surface area contributed by atoms with E-state index in [4.69, 9.17) is 28.4 Å². The molecular formula is C40H45N3O7. The van der Waals surface area contributed by atoms with Gasteiger partial charge in [-0.2, -0.15) is 0 Å². The zero-order chi connectivity index (χ0) is 35.1. The van der Waals surface area contributed by atoms with E-state index in [0.29, 0.717) is 58.1 Å². The Bertz CT molecular complexity index is 1930. The molecule has 10 heteroatoms. The molecule has 0 unspecified atom stereocenters. The van der Waals surface area contributed by atoms with Crippen molar-refractivity contribution in [2.45, 2.75) is 44.7 Å². The molecule has 4 heterocycles. The summed E-state index contributed by atoms with van der Waals surface area (Å²) in [6.07, 6.45) is 3.03. The number of carbonyl (C=O) groups is 1. The molecular weight excluding hydrogens is 634 g/mol. The molecule has 0 spiro atoms. The first kappa shape index (κ1) is 33.6. The maximum absolute atomic E-state index is 12.5. The molecule has 4 aliphatic heterocycles. The Morgan fingerprint density at radius 3 is 2.04 bits per heavy atom. The fourth-order valence-electron chi connectivity index (χ4n) is 7.65. The summed E-state index contributed by atoms with van der Waals surface area (Å²) < 4.78 is 37.3. The number of rotatable bonds is 5. The van der Waals surface area contributed by atoms with Crippen molar-refractivity contribution in [1.82, 2.24) is 9.80 Å². The van der Waals surface area contributed by atoms with Gasteiger partial charge in [-0.15, -0.1) is 0 Å². The van der Waals surface area contributed by atoms with Crippen molar-refractivity contribution >= 4 is 11.6 Å². The molecule has 0 radical (unpaired) electrons. The maximum Gasteiger partial charge on any atom is 0.221 e. The van der Waals surface area contributed by atoms with Gasteiger partial charge in [-0.05, 0) is 104 Å². The molecule has 2 atom stereocenters. The monoisotopic (exact) mass is 679 g/mol. The minimum Gasteiger partial charge on any atom is -0.493 e. The van der Waals surface area contributed by atoms with Crippen molar-refractivity contribution in [2.75, 3.05) is 60.9 Å². The van der Waals surface area contributed by atoms with Crippen LogP contribution < -0.4 is 33.7 Å². The van der Waals surface area contributed by atoms with Gasteiger partial charge in [0.2, 0.25) is 11.7 Å². The van der Waals surface area contributed by atoms with Gasteiger partial charge in [0, 0.05) is 49.4 Å². The van der Waals surface area contributed by atoms with Crippen molar-refractivity contribution in [3.8, 4) is 46.0 Å². The van der Waals surface area contributed by atoms with Crippen LogP contribution in [-0.2, 0) is 30.5 Å². The van der Waals surface area contributed by atoms with E-state index in [9.17, 15) is 4.79 Å². The second kappa shape index (κ2) is 13.8. The van der Waals surface area contributed by atoms with Gasteiger partial charge in [-0.25, -0.2) is 0 Å². The highest BCUT2D eigenvalue weighted by Gasteiger charge is 2.35. The number of anilines is 1. The topological polar surface area (TPSA) is 91.0 Å². The second-order valence-electron chi connectivity index (χ2n) is 13.3. The van der Waals surface area contributed by atoms with E-state index in [1.165, 1.54) is 23.6 Å². The highest BCUT2D eigenvalue weighted by atomic mass is 16.5. The van der Waals surface area contributed by atoms with Gasteiger partial charge < -0.3 is 33.7 Å². The fourth-order valence-corrected chi connectivity index (χ4v) is 7.65. The molecule has 1 amide bonds. The van der Waals surface area contributed by atoms with Crippen LogP contribution in [0.1, 0.15) is 52.4 Å². The SMILES string of the molecule is COc1cc(NC(C)=O)c2cc1Oc1ccc(cc1)C[C@H]1c3cc(c(OC)cc3CCN1C)Oc1c(OC)c(OC)cc3c1[C@H](C2)N(C)CC3. The number of carbonyl (C=O) groups excluding carboxylic acids is 1. The Morgan fingerprint density at radius 1 is 0.720 bits per heavy atom. The van der Waals surface area contributed by atoms with Crippen LogP contribution in [0.25, 0.3) is 0 Å². The van der Waals surface area contributed by atoms with Crippen LogP contribution in [0.3, 0.4) is 0 Å². The first-order valence-electron chi connectivity index (χ1n) is 17.0. The zero-order valence-electron chi connectivity index (χ0n) is 29.8. The van der Waals surface area contributed by atoms with E-state index in [1.807, 2.05) is 24.3 Å². The summed E-state index contributed by atoms with van der Waals surface area (Å²) in [5.41, 5.74) is 7.28. The van der Waals surface area contributed by atoms with E-state index in [0.717, 1.165) is 49.0 Å². The quantitative estimate of drug-likeness (QED) is 0.237. The molecule has 10 nitrogen and oxygen atoms in total. The number of fused-ring (bicyclic) bond motifs is 2. The lowest BCUT2D eigenvalue weighted by molar-refractivity contribution is -0.114. The van der Waals surface area contributed by atoms with Crippen molar-refractivity contribution in [1.29, 1.82) is 0 Å². The standard InChI is InChI=1S/C40H45N3O7/c1-23(44)41-30-22-34(46-5)35-20-27(30)17-32-38-26(13-15-43(32)3)19-37(47-6)39(48-7)40(38)50-36-21-29-25(18-33(36)45-4)12-14-42(2)31(29)16-24-8-10-28(49-35)11-9-24/h8-11,18-22,31-32H,12-17H2,1-7H3,(H,41,44)/t31-,32-/m0/s1. The Morgan fingerprint density at radius 2 is 1.36 bits per heavy atom. The van der Waals surface area contributed by atoms with Gasteiger partial charge in [0.1, 0.15) is 5.75 Å². The number of hydrogen-bond acceptors (Lipinski definition) is 9. The van der Waals surface area contributed by atoms with Crippen molar-refractivity contribution in [2.24, 2.45) is 0 Å². The van der Waals surface area contributed by atoms with Crippen LogP contribution in [0.2, 0.25) is 0 Å². The lowest BCUT2D eigenvalue weighted by Gasteiger charge is -2.37. The Labute approximate surface area is 293 Å². The van der Waals surface area contributed by atoms with Crippen molar-refractivity contribution in [3.05, 3.63) is 88.0 Å². The van der Waals surface area contributed by atoms with E-state index in [1.54, 1.807) is 28.4 Å². The Kier molecular flexibility index (Phi) is 9.24. The minimum absolute atomic E-state index is 0.127. The number of nitrogens with one attached hydrogen (secondary N) is 1. The highest BCUT2D eigenvalue weighted by Crippen LogP contribution is 2.52. The Balaban J connectivity index is 1.49. The number of hydrogen-bond donors (Lipinski definition) is 1. The molecule has 0 fully saturated rings. The predicted molar refractivity (Wildman–Crippen MR) is 192 cm³/mol. The Hall–Kier alpha value is -4.93. The second-order valence-corrected chi connectivity index (χ2v) is 13.3. The summed E-state index contributed by atoms with van der Waals surface area (Å²) in [4.78, 5) is 17.2. The highest BCUT2D eigenvalue weighted by molar-refractivity contribution is 5.90. The van der Waals surface area contributed by atoms with Gasteiger partial charge >= 0.3 is 0 Å². The summed E-state index contributed by atoms with van der Waals surface area (Å²) in [7, 11) is 10.9. The lowest BCUT2D eigenvalue weighted by atomic mass is 9.86. The summed E-state index contributed by atoms with van der Waals surface area (Å²) >= 11 is 0. The number of benzene rings is 4. The van der Waals surface area contributed by atoms with E-state index in [2.05, 4.69) is 59.5 Å². The third kappa shape index (κ3) is 6.18. The summed E-state index contributed by atoms with van der Waals surface area (Å²) in [5, 5.41) is 3.03. The largest absolute Gasteiger partial charge is 0.493 e. The number of likely N-dealkylation sites (N-methyl/N-ethyl adjacent to an activating group) is 2. The molecule has 4 aliphatic rings. The van der Waals surface area contributed by atoms with E-state index >= 15 is 0 Å². The molecule has 0 aromatic heterocycles. The third-order valence-corrected chi connectivity index (χ3v) is 10.3. The van der Waals surface area contributed by atoms with Crippen LogP contribution in [0.15, 0.2) is 54.6 Å². The number of ether oxygens (including phenoxy) is 6. The molecule has 4 aromatic carbocycles. The van der Waals surface area contributed by atoms with Gasteiger partial charge in [-0.1, -0.05) is 12.1 Å². The van der Waals surface area contributed by atoms with Crippen LogP contribution in [0, 0.1) is 0 Å². The summed E-state index contributed by atoms with van der Waals surface area (Å²) in [5.74, 6) is 4.57. The first-order chi connectivity index (χ1) is 24.2. The van der Waals surface area contributed by atoms with Gasteiger partial charge in [0.15, 0.2) is 34.5 Å². The number of amides is 1. The maximum atomic E-state index is 12.5. The third-order valence-electron chi connectivity index (χ3n) is 10.3. The average molecular weight is 680 g/mol. The fraction of sp³-hybridized carbons (Fsp3) is 0.375. The smallest absolute Gasteiger partial charge is 0.221 e. The molecule has 0 aliphatic carbocycles. The molecule has 50 heavy (non-hydrogen) atoms. The van der Waals surface area contributed by atoms with Crippen molar-refractivity contribution < 1.29 is 33.2 Å². The molecule has 4 aromatic rings. The molecule has 8 rings (SSSR count). The van der Waals surface area contributed by atoms with Crippen LogP contribution in [0.4, 0.5) is 5.69 Å². The van der Waals surface area contributed by atoms with Gasteiger partial charge in [-0.3, -0.25) is 14.6 Å². The zero-order valence-corrected chi connectivity index (χ0v) is 29.8. The van der Waals surface area contributed by atoms with Crippen LogP contribution >= 0.6 is 0 Å². The molecule has 262 valence electrons. The predicted octanol–water partition coefficient (Wildman–Crippen LogP) is 7.12. The van der Waals surface area contributed by atoms with Gasteiger partial charge in [0.25, 0.3) is 0 Å². The molecule has 1 N–H and O–H groups in total. The van der Waals surface area contributed by atoms with Crippen LogP contribution in [0.5, 0.6) is 46.0 Å². The molecule has 6 bridgehead atoms. The van der Waals surface area contributed by atoms with E-state index in [-0.39, 0.29) is 18.0 Å². The van der Waals surface area contributed by atoms with E-state index < -0.39 is 0 Å². The van der Waals surface area contributed by atoms with Crippen LogP contribution in [-0.4, -0.2) is 71.3 Å². The van der Waals surface area contributed by atoms with Crippen molar-refractivity contribution in [3.63, 3.8) is 0 Å². The molecule has 0 saturated heterocycles. The summed E-state index contributed by atoms with van der Waals surface area (Å²) in [6, 6.07) is 18.3.